The normalized spacial score (nSPS) is 16.9. The third kappa shape index (κ3) is 4.41. The number of hydrogen-bond acceptors (Lipinski definition) is 6. The van der Waals surface area contributed by atoms with Crippen LogP contribution in [0.4, 0.5) is 5.69 Å². The number of carbonyl (C=O) groups excluding carboxylic acids is 1. The molecule has 0 saturated carbocycles. The Hall–Kier alpha value is -3.32. The quantitative estimate of drug-likeness (QED) is 0.693. The highest BCUT2D eigenvalue weighted by atomic mass is 16.5. The first kappa shape index (κ1) is 19.0. The van der Waals surface area contributed by atoms with Crippen LogP contribution in [0.3, 0.4) is 0 Å². The molecule has 1 aliphatic rings. The average molecular weight is 394 g/mol. The first-order valence-corrected chi connectivity index (χ1v) is 9.48. The summed E-state index contributed by atoms with van der Waals surface area (Å²) in [7, 11) is 1.58. The second-order valence-corrected chi connectivity index (χ2v) is 6.85. The first-order chi connectivity index (χ1) is 14.1. The predicted octanol–water partition coefficient (Wildman–Crippen LogP) is 3.29. The number of ether oxygens (including phenoxy) is 2. The average Bonchev–Trinajstić information content (AvgIpc) is 3.25. The van der Waals surface area contributed by atoms with E-state index in [-0.39, 0.29) is 23.3 Å². The first-order valence-electron chi connectivity index (χ1n) is 9.48. The minimum Gasteiger partial charge on any atom is -0.508 e. The Morgan fingerprint density at radius 3 is 2.97 bits per heavy atom. The van der Waals surface area contributed by atoms with E-state index in [0.29, 0.717) is 34.5 Å². The molecule has 0 spiro atoms. The molecule has 4 rings (SSSR count). The monoisotopic (exact) mass is 394 g/mol. The van der Waals surface area contributed by atoms with Crippen molar-refractivity contribution in [3.8, 4) is 11.5 Å². The molecule has 3 aromatic rings. The number of aromatic hydroxyl groups is 1. The minimum atomic E-state index is -0.291. The van der Waals surface area contributed by atoms with E-state index < -0.39 is 0 Å². The standard InChI is InChI=1S/C22H22N2O5/c1-27-17-5-2-4-15(11-17)24-22-19(21(26)23-13-18-6-3-9-28-18)10-14-7-8-16(25)12-20(14)29-22/h2,4-5,7-8,10-12,18,25H,3,6,9,13H2,1H3,(H,23,26)/t18-/m1/s1. The van der Waals surface area contributed by atoms with Gasteiger partial charge in [-0.2, -0.15) is 0 Å². The predicted molar refractivity (Wildman–Crippen MR) is 107 cm³/mol. The van der Waals surface area contributed by atoms with E-state index in [4.69, 9.17) is 13.9 Å². The highest BCUT2D eigenvalue weighted by Crippen LogP contribution is 2.22. The van der Waals surface area contributed by atoms with Gasteiger partial charge in [-0.1, -0.05) is 6.07 Å². The van der Waals surface area contributed by atoms with Crippen LogP contribution in [0.2, 0.25) is 0 Å². The Balaban J connectivity index is 1.75. The molecule has 150 valence electrons. The van der Waals surface area contributed by atoms with Gasteiger partial charge >= 0.3 is 0 Å². The summed E-state index contributed by atoms with van der Waals surface area (Å²) >= 11 is 0. The van der Waals surface area contributed by atoms with Gasteiger partial charge in [0.05, 0.1) is 18.9 Å². The lowest BCUT2D eigenvalue weighted by Gasteiger charge is -2.11. The van der Waals surface area contributed by atoms with Crippen LogP contribution in [-0.2, 0) is 4.74 Å². The molecule has 0 radical (unpaired) electrons. The Labute approximate surface area is 167 Å². The van der Waals surface area contributed by atoms with Crippen LogP contribution in [-0.4, -0.2) is 37.4 Å². The van der Waals surface area contributed by atoms with Crippen LogP contribution in [0, 0.1) is 0 Å². The Bertz CT molecular complexity index is 1100. The molecule has 2 N–H and O–H groups in total. The lowest BCUT2D eigenvalue weighted by Crippen LogP contribution is -2.34. The molecule has 2 heterocycles. The van der Waals surface area contributed by atoms with Crippen LogP contribution in [0.15, 0.2) is 57.9 Å². The van der Waals surface area contributed by atoms with E-state index >= 15 is 0 Å². The Morgan fingerprint density at radius 2 is 2.17 bits per heavy atom. The molecular formula is C22H22N2O5. The molecule has 1 aliphatic heterocycles. The second-order valence-electron chi connectivity index (χ2n) is 6.85. The van der Waals surface area contributed by atoms with E-state index in [0.717, 1.165) is 19.4 Å². The number of phenols is 1. The maximum atomic E-state index is 12.9. The number of hydrogen-bond donors (Lipinski definition) is 2. The fourth-order valence-corrected chi connectivity index (χ4v) is 3.26. The summed E-state index contributed by atoms with van der Waals surface area (Å²) in [6.45, 7) is 1.16. The maximum Gasteiger partial charge on any atom is 0.256 e. The number of methoxy groups -OCH3 is 1. The van der Waals surface area contributed by atoms with Gasteiger partial charge in [0.2, 0.25) is 5.55 Å². The van der Waals surface area contributed by atoms with E-state index in [2.05, 4.69) is 10.3 Å². The van der Waals surface area contributed by atoms with Gasteiger partial charge in [0.1, 0.15) is 22.6 Å². The molecule has 1 atom stereocenters. The molecule has 29 heavy (non-hydrogen) atoms. The highest BCUT2D eigenvalue weighted by Gasteiger charge is 2.18. The largest absolute Gasteiger partial charge is 0.508 e. The van der Waals surface area contributed by atoms with E-state index in [1.54, 1.807) is 37.4 Å². The van der Waals surface area contributed by atoms with Crippen molar-refractivity contribution in [1.82, 2.24) is 5.32 Å². The van der Waals surface area contributed by atoms with Gasteiger partial charge in [-0.15, -0.1) is 0 Å². The fourth-order valence-electron chi connectivity index (χ4n) is 3.26. The van der Waals surface area contributed by atoms with Crippen molar-refractivity contribution >= 4 is 22.6 Å². The number of nitrogens with zero attached hydrogens (tertiary/aromatic N) is 1. The topological polar surface area (TPSA) is 93.3 Å². The van der Waals surface area contributed by atoms with Gasteiger partial charge in [0.15, 0.2) is 0 Å². The minimum absolute atomic E-state index is 0.0343. The number of amides is 1. The molecule has 2 aromatic carbocycles. The van der Waals surface area contributed by atoms with Crippen LogP contribution in [0.5, 0.6) is 11.5 Å². The van der Waals surface area contributed by atoms with Gasteiger partial charge in [-0.3, -0.25) is 4.79 Å². The van der Waals surface area contributed by atoms with Crippen molar-refractivity contribution in [2.45, 2.75) is 18.9 Å². The zero-order valence-corrected chi connectivity index (χ0v) is 16.1. The lowest BCUT2D eigenvalue weighted by atomic mass is 10.1. The second kappa shape index (κ2) is 8.36. The zero-order valence-electron chi connectivity index (χ0n) is 16.1. The molecule has 7 heteroatoms. The highest BCUT2D eigenvalue weighted by molar-refractivity contribution is 5.96. The summed E-state index contributed by atoms with van der Waals surface area (Å²) in [5, 5.41) is 13.4. The summed E-state index contributed by atoms with van der Waals surface area (Å²) in [5.74, 6) is 0.430. The van der Waals surface area contributed by atoms with E-state index in [1.807, 2.05) is 12.1 Å². The van der Waals surface area contributed by atoms with Crippen LogP contribution in [0.1, 0.15) is 23.2 Å². The molecule has 1 aromatic heterocycles. The van der Waals surface area contributed by atoms with E-state index in [9.17, 15) is 9.90 Å². The van der Waals surface area contributed by atoms with Crippen molar-refractivity contribution in [2.75, 3.05) is 20.3 Å². The molecule has 0 bridgehead atoms. The molecule has 1 saturated heterocycles. The summed E-state index contributed by atoms with van der Waals surface area (Å²) in [6.07, 6.45) is 1.97. The Morgan fingerprint density at radius 1 is 1.28 bits per heavy atom. The number of fused-ring (bicyclic) bond motifs is 1. The van der Waals surface area contributed by atoms with Crippen LogP contribution >= 0.6 is 0 Å². The summed E-state index contributed by atoms with van der Waals surface area (Å²) in [6, 6.07) is 13.6. The van der Waals surface area contributed by atoms with Crippen LogP contribution < -0.4 is 15.6 Å². The number of rotatable bonds is 5. The van der Waals surface area contributed by atoms with Gasteiger partial charge in [-0.05, 0) is 43.2 Å². The summed E-state index contributed by atoms with van der Waals surface area (Å²) in [5.41, 5.74) is 1.48. The number of carbonyl (C=O) groups is 1. The van der Waals surface area contributed by atoms with Crippen molar-refractivity contribution in [1.29, 1.82) is 0 Å². The van der Waals surface area contributed by atoms with Crippen molar-refractivity contribution < 1.29 is 23.8 Å². The Kier molecular flexibility index (Phi) is 5.48. The maximum absolute atomic E-state index is 12.9. The number of benzene rings is 2. The van der Waals surface area contributed by atoms with Gasteiger partial charge in [0.25, 0.3) is 5.91 Å². The molecule has 1 amide bonds. The third-order valence-corrected chi connectivity index (χ3v) is 4.78. The molecule has 0 aliphatic carbocycles. The molecule has 7 nitrogen and oxygen atoms in total. The van der Waals surface area contributed by atoms with Gasteiger partial charge in [-0.25, -0.2) is 4.99 Å². The fraction of sp³-hybridized carbons (Fsp3) is 0.273. The van der Waals surface area contributed by atoms with Gasteiger partial charge < -0.3 is 24.3 Å². The molecule has 1 fully saturated rings. The smallest absolute Gasteiger partial charge is 0.256 e. The summed E-state index contributed by atoms with van der Waals surface area (Å²) in [4.78, 5) is 17.4. The number of phenolic OH excluding ortho intramolecular Hbond substituents is 1. The zero-order chi connectivity index (χ0) is 20.2. The number of nitrogens with one attached hydrogen (secondary N) is 1. The van der Waals surface area contributed by atoms with Gasteiger partial charge in [0, 0.05) is 30.7 Å². The van der Waals surface area contributed by atoms with Crippen molar-refractivity contribution in [3.05, 3.63) is 59.6 Å². The third-order valence-electron chi connectivity index (χ3n) is 4.78. The van der Waals surface area contributed by atoms with Crippen LogP contribution in [0.25, 0.3) is 11.0 Å². The SMILES string of the molecule is COc1cccc(N=c2oc3cc(O)ccc3cc2C(=O)NC[C@H]2CCCO2)c1. The van der Waals surface area contributed by atoms with Crippen molar-refractivity contribution in [3.63, 3.8) is 0 Å². The molecular weight excluding hydrogens is 372 g/mol. The molecule has 0 unspecified atom stereocenters. The summed E-state index contributed by atoms with van der Waals surface area (Å²) < 4.78 is 16.7. The van der Waals surface area contributed by atoms with Crippen molar-refractivity contribution in [2.24, 2.45) is 4.99 Å². The lowest BCUT2D eigenvalue weighted by molar-refractivity contribution is 0.0854. The van der Waals surface area contributed by atoms with E-state index in [1.165, 1.54) is 6.07 Å².